The van der Waals surface area contributed by atoms with E-state index in [1.807, 2.05) is 0 Å². The second kappa shape index (κ2) is 8.63. The molecular weight excluding hydrogens is 439 g/mol. The Balaban J connectivity index is 2.02. The van der Waals surface area contributed by atoms with Crippen molar-refractivity contribution in [3.8, 4) is 5.69 Å². The van der Waals surface area contributed by atoms with Crippen molar-refractivity contribution in [2.45, 2.75) is 20.0 Å². The van der Waals surface area contributed by atoms with Gasteiger partial charge in [-0.05, 0) is 26.0 Å². The first-order chi connectivity index (χ1) is 14.6. The molecule has 0 aliphatic rings. The number of aryl methyl sites for hydroxylation is 1. The molecule has 0 saturated carbocycles. The zero-order chi connectivity index (χ0) is 22.8. The summed E-state index contributed by atoms with van der Waals surface area (Å²) >= 11 is 0.663. The number of hydrogen-bond acceptors (Lipinski definition) is 8. The molecule has 1 aromatic carbocycles. The number of hydrogen-bond donors (Lipinski definition) is 1. The average molecular weight is 453 g/mol. The van der Waals surface area contributed by atoms with Crippen molar-refractivity contribution in [2.24, 2.45) is 0 Å². The molecule has 2 heterocycles. The van der Waals surface area contributed by atoms with Gasteiger partial charge in [0, 0.05) is 23.3 Å². The van der Waals surface area contributed by atoms with Gasteiger partial charge in [-0.3, -0.25) is 9.59 Å². The molecule has 0 radical (unpaired) electrons. The van der Waals surface area contributed by atoms with Gasteiger partial charge in [0.15, 0.2) is 10.7 Å². The van der Waals surface area contributed by atoms with Gasteiger partial charge in [0.1, 0.15) is 0 Å². The fourth-order valence-corrected chi connectivity index (χ4v) is 3.17. The predicted octanol–water partition coefficient (Wildman–Crippen LogP) is 2.84. The molecule has 0 atom stereocenters. The molecule has 3 rings (SSSR count). The van der Waals surface area contributed by atoms with E-state index >= 15 is 0 Å². The Hall–Kier alpha value is -3.61. The summed E-state index contributed by atoms with van der Waals surface area (Å²) in [6, 6.07) is 5.61. The van der Waals surface area contributed by atoms with E-state index in [-0.39, 0.29) is 28.7 Å². The van der Waals surface area contributed by atoms with Crippen molar-refractivity contribution in [1.29, 1.82) is 0 Å². The summed E-state index contributed by atoms with van der Waals surface area (Å²) in [5.41, 5.74) is -3.01. The van der Waals surface area contributed by atoms with E-state index in [2.05, 4.69) is 20.0 Å². The minimum Gasteiger partial charge on any atom is -0.461 e. The molecule has 1 N–H and O–H groups in total. The van der Waals surface area contributed by atoms with Crippen LogP contribution in [0.25, 0.3) is 5.69 Å². The van der Waals surface area contributed by atoms with E-state index in [1.165, 1.54) is 25.1 Å². The Kier molecular flexibility index (Phi) is 6.15. The highest BCUT2D eigenvalue weighted by Gasteiger charge is 2.34. The highest BCUT2D eigenvalue weighted by Crippen LogP contribution is 2.33. The van der Waals surface area contributed by atoms with Crippen molar-refractivity contribution in [3.05, 3.63) is 63.2 Å². The summed E-state index contributed by atoms with van der Waals surface area (Å²) in [5, 5.41) is 9.61. The molecule has 0 aliphatic heterocycles. The zero-order valence-electron chi connectivity index (χ0n) is 16.1. The summed E-state index contributed by atoms with van der Waals surface area (Å²) in [6.07, 6.45) is -4.68. The number of esters is 1. The van der Waals surface area contributed by atoms with Gasteiger partial charge in [0.2, 0.25) is 11.1 Å². The molecule has 13 heteroatoms. The quantitative estimate of drug-likeness (QED) is 0.591. The number of carbonyl (C=O) groups is 2. The summed E-state index contributed by atoms with van der Waals surface area (Å²) < 4.78 is 49.4. The van der Waals surface area contributed by atoms with Gasteiger partial charge in [-0.15, -0.1) is 5.10 Å². The summed E-state index contributed by atoms with van der Waals surface area (Å²) in [6.45, 7) is 3.02. The van der Waals surface area contributed by atoms with Crippen LogP contribution in [0.4, 0.5) is 18.2 Å². The zero-order valence-corrected chi connectivity index (χ0v) is 16.9. The molecule has 2 aromatic heterocycles. The van der Waals surface area contributed by atoms with Crippen LogP contribution in [0.3, 0.4) is 0 Å². The van der Waals surface area contributed by atoms with Crippen LogP contribution < -0.4 is 10.7 Å². The largest absolute Gasteiger partial charge is 0.461 e. The fourth-order valence-electron chi connectivity index (χ4n) is 2.61. The minimum atomic E-state index is -4.68. The van der Waals surface area contributed by atoms with Crippen molar-refractivity contribution in [1.82, 2.24) is 19.4 Å². The van der Waals surface area contributed by atoms with E-state index in [0.29, 0.717) is 11.5 Å². The molecule has 1 amide bonds. The van der Waals surface area contributed by atoms with Crippen LogP contribution in [0, 0.1) is 6.92 Å². The monoisotopic (exact) mass is 453 g/mol. The third kappa shape index (κ3) is 4.60. The highest BCUT2D eigenvalue weighted by atomic mass is 32.1. The molecule has 0 aliphatic carbocycles. The van der Waals surface area contributed by atoms with Gasteiger partial charge >= 0.3 is 12.1 Å². The van der Waals surface area contributed by atoms with Gasteiger partial charge in [0.05, 0.1) is 17.9 Å². The third-order valence-electron chi connectivity index (χ3n) is 3.94. The Labute approximate surface area is 176 Å². The normalized spacial score (nSPS) is 11.3. The summed E-state index contributed by atoms with van der Waals surface area (Å²) in [5.74, 6) is -1.88. The minimum absolute atomic E-state index is 0.0621. The van der Waals surface area contributed by atoms with Crippen LogP contribution in [-0.2, 0) is 10.9 Å². The molecule has 0 saturated heterocycles. The molecule has 3 aromatic rings. The number of para-hydroxylation sites is 1. The van der Waals surface area contributed by atoms with Crippen LogP contribution in [0.5, 0.6) is 0 Å². The van der Waals surface area contributed by atoms with E-state index in [0.717, 1.165) is 16.8 Å². The number of aromatic nitrogens is 4. The van der Waals surface area contributed by atoms with Gasteiger partial charge in [-0.25, -0.2) is 9.48 Å². The fraction of sp³-hybridized carbons (Fsp3) is 0.222. The molecule has 0 spiro atoms. The highest BCUT2D eigenvalue weighted by molar-refractivity contribution is 7.10. The lowest BCUT2D eigenvalue weighted by molar-refractivity contribution is -0.137. The number of rotatable bonds is 5. The molecule has 31 heavy (non-hydrogen) atoms. The molecule has 9 nitrogen and oxygen atoms in total. The summed E-state index contributed by atoms with van der Waals surface area (Å²) in [4.78, 5) is 36.8. The van der Waals surface area contributed by atoms with Crippen LogP contribution in [0.1, 0.15) is 39.2 Å². The van der Waals surface area contributed by atoms with Crippen LogP contribution >= 0.6 is 11.5 Å². The van der Waals surface area contributed by atoms with Crippen molar-refractivity contribution in [2.75, 3.05) is 11.9 Å². The third-order valence-corrected chi connectivity index (χ3v) is 4.59. The van der Waals surface area contributed by atoms with E-state index in [9.17, 15) is 27.6 Å². The Morgan fingerprint density at radius 2 is 1.94 bits per heavy atom. The number of alkyl halides is 3. The van der Waals surface area contributed by atoms with Crippen molar-refractivity contribution >= 4 is 28.4 Å². The SMILES string of the molecule is CCOC(=O)c1nnsc1NC(=O)c1nn(-c2ccccc2C(F)(F)F)c(C)cc1=O. The molecule has 0 fully saturated rings. The Morgan fingerprint density at radius 3 is 2.61 bits per heavy atom. The maximum Gasteiger partial charge on any atom is 0.418 e. The van der Waals surface area contributed by atoms with Gasteiger partial charge in [-0.1, -0.05) is 16.6 Å². The maximum atomic E-state index is 13.4. The number of amides is 1. The second-order valence-electron chi connectivity index (χ2n) is 6.05. The maximum absolute atomic E-state index is 13.4. The van der Waals surface area contributed by atoms with E-state index in [4.69, 9.17) is 4.74 Å². The number of nitrogens with one attached hydrogen (secondary N) is 1. The lowest BCUT2D eigenvalue weighted by Gasteiger charge is -2.16. The lowest BCUT2D eigenvalue weighted by atomic mass is 10.1. The molecular formula is C18H14F3N5O4S. The second-order valence-corrected chi connectivity index (χ2v) is 6.80. The van der Waals surface area contributed by atoms with Crippen LogP contribution in [0.15, 0.2) is 35.1 Å². The van der Waals surface area contributed by atoms with Crippen LogP contribution in [-0.4, -0.2) is 37.9 Å². The number of halogens is 3. The molecule has 0 bridgehead atoms. The standard InChI is InChI=1S/C18H14F3N5O4S/c1-3-30-17(29)14-16(31-25-23-14)22-15(28)13-12(27)8-9(2)26(24-13)11-7-5-4-6-10(11)18(19,20)21/h4-8H,3H2,1-2H3,(H,22,28). The van der Waals surface area contributed by atoms with Crippen molar-refractivity contribution < 1.29 is 27.5 Å². The van der Waals surface area contributed by atoms with Gasteiger partial charge in [-0.2, -0.15) is 18.3 Å². The number of benzene rings is 1. The number of ether oxygens (including phenoxy) is 1. The average Bonchev–Trinajstić information content (AvgIpc) is 3.15. The number of anilines is 1. The first kappa shape index (κ1) is 22.1. The van der Waals surface area contributed by atoms with E-state index in [1.54, 1.807) is 6.92 Å². The Bertz CT molecular complexity index is 1210. The number of carbonyl (C=O) groups excluding carboxylic acids is 2. The predicted molar refractivity (Wildman–Crippen MR) is 103 cm³/mol. The van der Waals surface area contributed by atoms with Gasteiger partial charge in [0.25, 0.3) is 5.91 Å². The lowest BCUT2D eigenvalue weighted by Crippen LogP contribution is -2.28. The topological polar surface area (TPSA) is 116 Å². The smallest absolute Gasteiger partial charge is 0.418 e. The van der Waals surface area contributed by atoms with E-state index < -0.39 is 34.7 Å². The van der Waals surface area contributed by atoms with Crippen molar-refractivity contribution in [3.63, 3.8) is 0 Å². The molecule has 162 valence electrons. The van der Waals surface area contributed by atoms with Crippen LogP contribution in [0.2, 0.25) is 0 Å². The van der Waals surface area contributed by atoms with Gasteiger partial charge < -0.3 is 10.1 Å². The Morgan fingerprint density at radius 1 is 1.23 bits per heavy atom. The first-order valence-electron chi connectivity index (χ1n) is 8.72. The first-order valence-corrected chi connectivity index (χ1v) is 9.49. The number of nitrogens with zero attached hydrogens (tertiary/aromatic N) is 4. The molecule has 0 unspecified atom stereocenters. The summed E-state index contributed by atoms with van der Waals surface area (Å²) in [7, 11) is 0.